The van der Waals surface area contributed by atoms with Crippen molar-refractivity contribution in [2.45, 2.75) is 32.4 Å². The summed E-state index contributed by atoms with van der Waals surface area (Å²) in [6.45, 7) is 8.21. The van der Waals surface area contributed by atoms with E-state index in [0.29, 0.717) is 36.3 Å². The molecule has 2 aliphatic rings. The van der Waals surface area contributed by atoms with E-state index < -0.39 is 11.7 Å². The van der Waals surface area contributed by atoms with Gasteiger partial charge in [-0.05, 0) is 69.9 Å². The molecule has 0 radical (unpaired) electrons. The van der Waals surface area contributed by atoms with Gasteiger partial charge in [-0.2, -0.15) is 13.2 Å². The monoisotopic (exact) mass is 503 g/mol. The number of carbonyl (C=O) groups is 1. The van der Waals surface area contributed by atoms with Gasteiger partial charge < -0.3 is 4.90 Å². The Morgan fingerprint density at radius 3 is 2.19 bits per heavy atom. The number of ketones is 1. The molecule has 2 heterocycles. The number of alkyl halides is 3. The van der Waals surface area contributed by atoms with Gasteiger partial charge in [0.05, 0.1) is 22.8 Å². The van der Waals surface area contributed by atoms with E-state index in [4.69, 9.17) is 11.6 Å². The topological polar surface area (TPSA) is 26.8 Å². The fraction of sp³-hybridized carbons (Fsp3) is 0.667. The van der Waals surface area contributed by atoms with Crippen molar-refractivity contribution in [1.29, 1.82) is 0 Å². The quantitative estimate of drug-likeness (QED) is 0.544. The molecule has 10 heteroatoms. The van der Waals surface area contributed by atoms with E-state index in [1.807, 2.05) is 4.90 Å². The van der Waals surface area contributed by atoms with Gasteiger partial charge in [0, 0.05) is 26.2 Å². The number of piperazine rings is 1. The number of likely N-dealkylation sites (tertiary alicyclic amines) is 1. The molecule has 0 N–H and O–H groups in total. The molecule has 2 fully saturated rings. The van der Waals surface area contributed by atoms with E-state index in [1.54, 1.807) is 6.92 Å². The minimum Gasteiger partial charge on any atom is -0.368 e. The maximum atomic E-state index is 13.0. The molecule has 1 aromatic carbocycles. The van der Waals surface area contributed by atoms with Gasteiger partial charge in [-0.3, -0.25) is 14.6 Å². The van der Waals surface area contributed by atoms with Crippen molar-refractivity contribution in [3.63, 3.8) is 0 Å². The van der Waals surface area contributed by atoms with Crippen molar-refractivity contribution in [2.24, 2.45) is 5.92 Å². The van der Waals surface area contributed by atoms with Crippen molar-refractivity contribution < 1.29 is 18.0 Å². The van der Waals surface area contributed by atoms with Crippen molar-refractivity contribution in [1.82, 2.24) is 9.80 Å². The molecule has 3 rings (SSSR count). The first-order chi connectivity index (χ1) is 13.7. The summed E-state index contributed by atoms with van der Waals surface area (Å²) in [7, 11) is 0. The number of halogens is 6. The lowest BCUT2D eigenvalue weighted by molar-refractivity contribution is -0.137. The molecule has 1 aromatic rings. The van der Waals surface area contributed by atoms with Crippen molar-refractivity contribution >= 4 is 47.9 Å². The first kappa shape index (κ1) is 28.3. The molecule has 0 aromatic heterocycles. The zero-order valence-corrected chi connectivity index (χ0v) is 20.1. The number of carbonyl (C=O) groups excluding carboxylic acids is 1. The minimum atomic E-state index is -4.36. The lowest BCUT2D eigenvalue weighted by Crippen LogP contribution is -2.47. The van der Waals surface area contributed by atoms with E-state index >= 15 is 0 Å². The summed E-state index contributed by atoms with van der Waals surface area (Å²) < 4.78 is 39.0. The average molecular weight is 505 g/mol. The Morgan fingerprint density at radius 1 is 1.03 bits per heavy atom. The van der Waals surface area contributed by atoms with E-state index in [-0.39, 0.29) is 30.6 Å². The maximum absolute atomic E-state index is 13.0. The summed E-state index contributed by atoms with van der Waals surface area (Å²) in [5, 5.41) is 0.365. The lowest BCUT2D eigenvalue weighted by Gasteiger charge is -2.38. The SMILES string of the molecule is CC(=O)CN1CCC(CCN2CCN(c3cc(C(F)(F)F)ccc3Cl)CC2)CC1.Cl.Cl. The Bertz CT molecular complexity index is 705. The number of benzene rings is 1. The number of nitrogens with zero attached hydrogens (tertiary/aromatic N) is 3. The van der Waals surface area contributed by atoms with Gasteiger partial charge in [0.1, 0.15) is 5.78 Å². The van der Waals surface area contributed by atoms with Crippen LogP contribution in [0.2, 0.25) is 5.02 Å². The largest absolute Gasteiger partial charge is 0.416 e. The Hall–Kier alpha value is -0.730. The van der Waals surface area contributed by atoms with Gasteiger partial charge >= 0.3 is 6.18 Å². The van der Waals surface area contributed by atoms with E-state index in [1.165, 1.54) is 6.07 Å². The molecule has 0 spiro atoms. The van der Waals surface area contributed by atoms with Gasteiger partial charge in [0.25, 0.3) is 0 Å². The first-order valence-electron chi connectivity index (χ1n) is 10.3. The summed E-state index contributed by atoms with van der Waals surface area (Å²) >= 11 is 6.17. The van der Waals surface area contributed by atoms with Crippen LogP contribution in [0.4, 0.5) is 18.9 Å². The summed E-state index contributed by atoms with van der Waals surface area (Å²) in [5.74, 6) is 0.913. The van der Waals surface area contributed by atoms with Crippen LogP contribution in [0.3, 0.4) is 0 Å². The zero-order chi connectivity index (χ0) is 21.0. The summed E-state index contributed by atoms with van der Waals surface area (Å²) in [4.78, 5) is 17.8. The maximum Gasteiger partial charge on any atom is 0.416 e. The molecule has 2 saturated heterocycles. The van der Waals surface area contributed by atoms with Gasteiger partial charge in [-0.1, -0.05) is 11.6 Å². The van der Waals surface area contributed by atoms with Crippen molar-refractivity contribution in [2.75, 3.05) is 57.3 Å². The molecule has 0 bridgehead atoms. The van der Waals surface area contributed by atoms with Crippen LogP contribution in [0.25, 0.3) is 0 Å². The first-order valence-corrected chi connectivity index (χ1v) is 10.7. The second-order valence-electron chi connectivity index (χ2n) is 8.20. The van der Waals surface area contributed by atoms with Crippen LogP contribution in [0.5, 0.6) is 0 Å². The Morgan fingerprint density at radius 2 is 1.65 bits per heavy atom. The van der Waals surface area contributed by atoms with E-state index in [9.17, 15) is 18.0 Å². The minimum absolute atomic E-state index is 0. The predicted octanol–water partition coefficient (Wildman–Crippen LogP) is 5.02. The molecule has 0 amide bonds. The molecular formula is C21H31Cl3F3N3O. The Kier molecular flexibility index (Phi) is 11.4. The van der Waals surface area contributed by atoms with Crippen LogP contribution in [-0.4, -0.2) is 67.9 Å². The standard InChI is InChI=1S/C21H29ClF3N3O.2ClH/c1-16(29)15-27-8-5-17(6-9-27)4-7-26-10-12-28(13-11-26)20-14-18(21(23,24)25)2-3-19(20)22;;/h2-3,14,17H,4-13,15H2,1H3;2*1H. The van der Waals surface area contributed by atoms with Gasteiger partial charge in [-0.25, -0.2) is 0 Å². The highest BCUT2D eigenvalue weighted by atomic mass is 35.5. The number of rotatable bonds is 6. The molecule has 0 unspecified atom stereocenters. The van der Waals surface area contributed by atoms with Crippen molar-refractivity contribution in [3.05, 3.63) is 28.8 Å². The zero-order valence-electron chi connectivity index (χ0n) is 17.7. The molecule has 0 atom stereocenters. The third-order valence-corrected chi connectivity index (χ3v) is 6.31. The van der Waals surface area contributed by atoms with Crippen LogP contribution < -0.4 is 4.90 Å². The molecule has 0 saturated carbocycles. The normalized spacial score (nSPS) is 18.9. The second-order valence-corrected chi connectivity index (χ2v) is 8.61. The smallest absolute Gasteiger partial charge is 0.368 e. The third kappa shape index (κ3) is 8.28. The summed E-state index contributed by atoms with van der Waals surface area (Å²) in [5.41, 5.74) is -0.186. The van der Waals surface area contributed by atoms with E-state index in [2.05, 4.69) is 9.80 Å². The van der Waals surface area contributed by atoms with Crippen LogP contribution in [0.1, 0.15) is 31.7 Å². The predicted molar refractivity (Wildman–Crippen MR) is 124 cm³/mol. The number of piperidine rings is 1. The summed E-state index contributed by atoms with van der Waals surface area (Å²) in [6.07, 6.45) is -0.959. The molecule has 2 aliphatic heterocycles. The van der Waals surface area contributed by atoms with Crippen LogP contribution in [0, 0.1) is 5.92 Å². The van der Waals surface area contributed by atoms with Crippen LogP contribution >= 0.6 is 36.4 Å². The number of anilines is 1. The molecule has 31 heavy (non-hydrogen) atoms. The van der Waals surface area contributed by atoms with Gasteiger partial charge in [-0.15, -0.1) is 24.8 Å². The lowest BCUT2D eigenvalue weighted by atomic mass is 9.93. The Labute approximate surface area is 199 Å². The van der Waals surface area contributed by atoms with Crippen LogP contribution in [0.15, 0.2) is 18.2 Å². The highest BCUT2D eigenvalue weighted by Crippen LogP contribution is 2.35. The fourth-order valence-electron chi connectivity index (χ4n) is 4.26. The third-order valence-electron chi connectivity index (χ3n) is 5.99. The highest BCUT2D eigenvalue weighted by molar-refractivity contribution is 6.33. The molecular weight excluding hydrogens is 474 g/mol. The second kappa shape index (κ2) is 12.5. The van der Waals surface area contributed by atoms with Gasteiger partial charge in [0.15, 0.2) is 0 Å². The van der Waals surface area contributed by atoms with Crippen molar-refractivity contribution in [3.8, 4) is 0 Å². The van der Waals surface area contributed by atoms with E-state index in [0.717, 1.165) is 64.1 Å². The summed E-state index contributed by atoms with van der Waals surface area (Å²) in [6, 6.07) is 3.53. The van der Waals surface area contributed by atoms with Gasteiger partial charge in [0.2, 0.25) is 0 Å². The molecule has 0 aliphatic carbocycles. The number of hydrogen-bond donors (Lipinski definition) is 0. The van der Waals surface area contributed by atoms with Crippen LogP contribution in [-0.2, 0) is 11.0 Å². The highest BCUT2D eigenvalue weighted by Gasteiger charge is 2.32. The fourth-order valence-corrected chi connectivity index (χ4v) is 4.49. The Balaban J connectivity index is 0.00000240. The number of hydrogen-bond acceptors (Lipinski definition) is 4. The molecule has 178 valence electrons. The molecule has 4 nitrogen and oxygen atoms in total. The average Bonchev–Trinajstić information content (AvgIpc) is 2.67. The number of Topliss-reactive ketones (excluding diaryl/α,β-unsaturated/α-hetero) is 1.